The van der Waals surface area contributed by atoms with Gasteiger partial charge in [0.05, 0.1) is 18.2 Å². The fraction of sp³-hybridized carbons (Fsp3) is 0.625. The van der Waals surface area contributed by atoms with E-state index in [1.807, 2.05) is 0 Å². The van der Waals surface area contributed by atoms with Gasteiger partial charge in [0.1, 0.15) is 17.9 Å². The topological polar surface area (TPSA) is 92.0 Å². The highest BCUT2D eigenvalue weighted by Crippen LogP contribution is 2.35. The lowest BCUT2D eigenvalue weighted by atomic mass is 9.94. The number of nitrogens with two attached hydrogens (primary N) is 2. The molecule has 2 aliphatic rings. The van der Waals surface area contributed by atoms with Gasteiger partial charge in [0.2, 0.25) is 0 Å². The first-order chi connectivity index (χ1) is 10.8. The van der Waals surface area contributed by atoms with Crippen LogP contribution < -0.4 is 11.5 Å². The maximum absolute atomic E-state index is 6.19. The molecule has 0 aromatic carbocycles. The van der Waals surface area contributed by atoms with E-state index in [0.29, 0.717) is 25.0 Å². The lowest BCUT2D eigenvalue weighted by Gasteiger charge is -2.27. The summed E-state index contributed by atoms with van der Waals surface area (Å²) in [6.07, 6.45) is 6.54. The Balaban J connectivity index is 1.92. The molecule has 0 amide bonds. The molecule has 4 N–H and O–H groups in total. The number of fused-ring (bicyclic) bond motifs is 5. The fourth-order valence-corrected chi connectivity index (χ4v) is 3.83. The standard InChI is InChI=1S/C16H23N5O/c17-7-3-4-10-8-22-9-13-20-14-15(21(10)13)11-5-1-2-6-12(11)19-16(14)18/h10H,1-9,17H2,(H2,18,19). The average molecular weight is 301 g/mol. The van der Waals surface area contributed by atoms with Crippen LogP contribution in [0.15, 0.2) is 0 Å². The summed E-state index contributed by atoms with van der Waals surface area (Å²) < 4.78 is 8.11. The highest BCUT2D eigenvalue weighted by atomic mass is 16.5. The van der Waals surface area contributed by atoms with E-state index in [9.17, 15) is 0 Å². The number of nitrogen functional groups attached to an aromatic ring is 1. The monoisotopic (exact) mass is 301 g/mol. The Morgan fingerprint density at radius 2 is 2.09 bits per heavy atom. The molecule has 6 heteroatoms. The Morgan fingerprint density at radius 1 is 1.23 bits per heavy atom. The van der Waals surface area contributed by atoms with Gasteiger partial charge in [-0.25, -0.2) is 9.97 Å². The summed E-state index contributed by atoms with van der Waals surface area (Å²) in [7, 11) is 0. The second-order valence-corrected chi connectivity index (χ2v) is 6.32. The average Bonchev–Trinajstić information content (AvgIpc) is 2.94. The molecule has 1 aliphatic carbocycles. The molecule has 0 saturated carbocycles. The maximum atomic E-state index is 6.19. The zero-order valence-corrected chi connectivity index (χ0v) is 12.8. The molecule has 0 radical (unpaired) electrons. The van der Waals surface area contributed by atoms with Crippen LogP contribution in [-0.4, -0.2) is 27.7 Å². The van der Waals surface area contributed by atoms with Crippen LogP contribution in [0.4, 0.5) is 5.82 Å². The number of nitrogens with zero attached hydrogens (tertiary/aromatic N) is 3. The molecular formula is C16H23N5O. The third kappa shape index (κ3) is 2.09. The second kappa shape index (κ2) is 5.52. The zero-order valence-electron chi connectivity index (χ0n) is 12.8. The van der Waals surface area contributed by atoms with Crippen molar-refractivity contribution in [2.75, 3.05) is 18.9 Å². The van der Waals surface area contributed by atoms with E-state index in [4.69, 9.17) is 21.2 Å². The highest BCUT2D eigenvalue weighted by molar-refractivity contribution is 5.89. The summed E-state index contributed by atoms with van der Waals surface area (Å²) in [5.74, 6) is 1.55. The molecule has 6 nitrogen and oxygen atoms in total. The van der Waals surface area contributed by atoms with Crippen molar-refractivity contribution in [2.24, 2.45) is 5.73 Å². The third-order valence-corrected chi connectivity index (χ3v) is 4.85. The third-order valence-electron chi connectivity index (χ3n) is 4.85. The predicted octanol–water partition coefficient (Wildman–Crippen LogP) is 1.70. The van der Waals surface area contributed by atoms with Crippen LogP contribution in [0.5, 0.6) is 0 Å². The smallest absolute Gasteiger partial charge is 0.151 e. The van der Waals surface area contributed by atoms with Gasteiger partial charge in [-0.3, -0.25) is 0 Å². The van der Waals surface area contributed by atoms with Gasteiger partial charge in [0.15, 0.2) is 5.82 Å². The molecular weight excluding hydrogens is 278 g/mol. The van der Waals surface area contributed by atoms with Crippen LogP contribution >= 0.6 is 0 Å². The summed E-state index contributed by atoms with van der Waals surface area (Å²) in [4.78, 5) is 9.35. The van der Waals surface area contributed by atoms with Crippen LogP contribution in [0.1, 0.15) is 48.8 Å². The first kappa shape index (κ1) is 14.0. The first-order valence-corrected chi connectivity index (χ1v) is 8.25. The molecule has 0 bridgehead atoms. The molecule has 2 aromatic rings. The molecule has 0 fully saturated rings. The van der Waals surface area contributed by atoms with Gasteiger partial charge in [-0.2, -0.15) is 0 Å². The van der Waals surface area contributed by atoms with E-state index in [1.54, 1.807) is 0 Å². The number of pyridine rings is 1. The zero-order chi connectivity index (χ0) is 15.1. The lowest BCUT2D eigenvalue weighted by Crippen LogP contribution is -2.25. The molecule has 0 spiro atoms. The van der Waals surface area contributed by atoms with Crippen molar-refractivity contribution in [3.05, 3.63) is 17.1 Å². The normalized spacial score (nSPS) is 20.9. The van der Waals surface area contributed by atoms with Crippen molar-refractivity contribution in [3.63, 3.8) is 0 Å². The lowest BCUT2D eigenvalue weighted by molar-refractivity contribution is 0.0534. The Labute approximate surface area is 129 Å². The van der Waals surface area contributed by atoms with Crippen molar-refractivity contribution >= 4 is 16.9 Å². The van der Waals surface area contributed by atoms with E-state index in [-0.39, 0.29) is 0 Å². The molecule has 1 atom stereocenters. The van der Waals surface area contributed by atoms with Gasteiger partial charge in [0, 0.05) is 5.69 Å². The van der Waals surface area contributed by atoms with Crippen molar-refractivity contribution < 1.29 is 4.74 Å². The van der Waals surface area contributed by atoms with Crippen LogP contribution in [0, 0.1) is 0 Å². The maximum Gasteiger partial charge on any atom is 0.151 e. The number of rotatable bonds is 3. The van der Waals surface area contributed by atoms with Gasteiger partial charge < -0.3 is 20.8 Å². The molecule has 0 saturated heterocycles. The van der Waals surface area contributed by atoms with E-state index in [0.717, 1.165) is 43.6 Å². The second-order valence-electron chi connectivity index (χ2n) is 6.32. The molecule has 1 unspecified atom stereocenters. The number of hydrogen-bond donors (Lipinski definition) is 2. The first-order valence-electron chi connectivity index (χ1n) is 8.25. The van der Waals surface area contributed by atoms with Gasteiger partial charge in [-0.15, -0.1) is 0 Å². The molecule has 3 heterocycles. The molecule has 2 aromatic heterocycles. The van der Waals surface area contributed by atoms with Gasteiger partial charge >= 0.3 is 0 Å². The van der Waals surface area contributed by atoms with Crippen molar-refractivity contribution in [1.29, 1.82) is 0 Å². The Morgan fingerprint density at radius 3 is 2.95 bits per heavy atom. The van der Waals surface area contributed by atoms with Crippen LogP contribution in [0.3, 0.4) is 0 Å². The molecule has 118 valence electrons. The fourth-order valence-electron chi connectivity index (χ4n) is 3.83. The van der Waals surface area contributed by atoms with Gasteiger partial charge in [-0.1, -0.05) is 0 Å². The number of anilines is 1. The SMILES string of the molecule is NCCCC1COCc2nc3c(N)nc4c(c3n21)CCCC4. The quantitative estimate of drug-likeness (QED) is 0.900. The Bertz CT molecular complexity index is 708. The predicted molar refractivity (Wildman–Crippen MR) is 85.6 cm³/mol. The van der Waals surface area contributed by atoms with E-state index in [2.05, 4.69) is 9.55 Å². The molecule has 1 aliphatic heterocycles. The molecule has 4 rings (SSSR count). The van der Waals surface area contributed by atoms with E-state index in [1.165, 1.54) is 29.6 Å². The summed E-state index contributed by atoms with van der Waals surface area (Å²) in [5, 5.41) is 0. The van der Waals surface area contributed by atoms with Crippen molar-refractivity contribution in [1.82, 2.24) is 14.5 Å². The number of aromatic nitrogens is 3. The van der Waals surface area contributed by atoms with Crippen molar-refractivity contribution in [2.45, 2.75) is 51.2 Å². The minimum absolute atomic E-state index is 0.310. The summed E-state index contributed by atoms with van der Waals surface area (Å²) in [6, 6.07) is 0.310. The minimum atomic E-state index is 0.310. The number of aryl methyl sites for hydroxylation is 2. The Hall–Kier alpha value is -1.66. The number of hydrogen-bond acceptors (Lipinski definition) is 5. The van der Waals surface area contributed by atoms with Gasteiger partial charge in [0.25, 0.3) is 0 Å². The van der Waals surface area contributed by atoms with Gasteiger partial charge in [-0.05, 0) is 50.6 Å². The highest BCUT2D eigenvalue weighted by Gasteiger charge is 2.28. The van der Waals surface area contributed by atoms with E-state index < -0.39 is 0 Å². The van der Waals surface area contributed by atoms with Crippen molar-refractivity contribution in [3.8, 4) is 0 Å². The van der Waals surface area contributed by atoms with E-state index >= 15 is 0 Å². The number of ether oxygens (including phenoxy) is 1. The van der Waals surface area contributed by atoms with Crippen LogP contribution in [0.2, 0.25) is 0 Å². The molecule has 22 heavy (non-hydrogen) atoms. The minimum Gasteiger partial charge on any atom is -0.382 e. The number of imidazole rings is 1. The largest absolute Gasteiger partial charge is 0.382 e. The summed E-state index contributed by atoms with van der Waals surface area (Å²) in [6.45, 7) is 2.00. The van der Waals surface area contributed by atoms with Crippen LogP contribution in [-0.2, 0) is 24.2 Å². The summed E-state index contributed by atoms with van der Waals surface area (Å²) >= 11 is 0. The summed E-state index contributed by atoms with van der Waals surface area (Å²) in [5.41, 5.74) is 16.5. The van der Waals surface area contributed by atoms with Crippen LogP contribution in [0.25, 0.3) is 11.0 Å². The Kier molecular flexibility index (Phi) is 3.50.